The van der Waals surface area contributed by atoms with Crippen molar-refractivity contribution in [1.82, 2.24) is 0 Å². The van der Waals surface area contributed by atoms with Crippen molar-refractivity contribution in [1.29, 1.82) is 0 Å². The second-order valence-corrected chi connectivity index (χ2v) is 4.45. The molecular formula is C12H18N2O2. The number of nitro groups is 1. The summed E-state index contributed by atoms with van der Waals surface area (Å²) in [7, 11) is 0. The Labute approximate surface area is 95.8 Å². The zero-order valence-corrected chi connectivity index (χ0v) is 10.2. The number of nitrogens with one attached hydrogen (secondary N) is 1. The van der Waals surface area contributed by atoms with Crippen LogP contribution in [0.15, 0.2) is 18.2 Å². The fourth-order valence-corrected chi connectivity index (χ4v) is 1.33. The van der Waals surface area contributed by atoms with Gasteiger partial charge in [-0.3, -0.25) is 10.1 Å². The largest absolute Gasteiger partial charge is 0.377 e. The number of benzene rings is 1. The predicted molar refractivity (Wildman–Crippen MR) is 65.8 cm³/mol. The minimum absolute atomic E-state index is 0.146. The van der Waals surface area contributed by atoms with Crippen LogP contribution in [0.5, 0.6) is 0 Å². The molecule has 16 heavy (non-hydrogen) atoms. The molecule has 0 radical (unpaired) electrons. The molecule has 1 N–H and O–H groups in total. The Morgan fingerprint density at radius 3 is 2.44 bits per heavy atom. The average Bonchev–Trinajstić information content (AvgIpc) is 2.20. The molecular weight excluding hydrogens is 204 g/mol. The van der Waals surface area contributed by atoms with Crippen molar-refractivity contribution < 1.29 is 4.92 Å². The molecule has 0 fully saturated rings. The van der Waals surface area contributed by atoms with E-state index in [1.807, 2.05) is 19.9 Å². The maximum Gasteiger partial charge on any atom is 0.292 e. The molecule has 4 nitrogen and oxygen atoms in total. The summed E-state index contributed by atoms with van der Waals surface area (Å²) in [5.74, 6) is 0.431. The monoisotopic (exact) mass is 222 g/mol. The van der Waals surface area contributed by atoms with Gasteiger partial charge in [0.15, 0.2) is 0 Å². The molecule has 0 aromatic heterocycles. The van der Waals surface area contributed by atoms with Crippen LogP contribution in [0.4, 0.5) is 11.4 Å². The third-order valence-corrected chi connectivity index (χ3v) is 2.73. The van der Waals surface area contributed by atoms with E-state index >= 15 is 0 Å². The Hall–Kier alpha value is -1.58. The van der Waals surface area contributed by atoms with Crippen LogP contribution < -0.4 is 5.32 Å². The third-order valence-electron chi connectivity index (χ3n) is 2.73. The normalized spacial score (nSPS) is 12.6. The second-order valence-electron chi connectivity index (χ2n) is 4.45. The molecule has 0 amide bonds. The maximum absolute atomic E-state index is 10.9. The highest BCUT2D eigenvalue weighted by atomic mass is 16.6. The lowest BCUT2D eigenvalue weighted by molar-refractivity contribution is -0.384. The Kier molecular flexibility index (Phi) is 3.88. The molecule has 1 aromatic rings. The minimum Gasteiger partial charge on any atom is -0.377 e. The highest BCUT2D eigenvalue weighted by Crippen LogP contribution is 2.26. The molecule has 1 aromatic carbocycles. The molecule has 0 saturated carbocycles. The van der Waals surface area contributed by atoms with Crippen molar-refractivity contribution in [2.45, 2.75) is 33.7 Å². The number of hydrogen-bond acceptors (Lipinski definition) is 3. The molecule has 0 aliphatic rings. The van der Waals surface area contributed by atoms with Gasteiger partial charge < -0.3 is 5.32 Å². The number of hydrogen-bond donors (Lipinski definition) is 1. The van der Waals surface area contributed by atoms with E-state index in [-0.39, 0.29) is 16.7 Å². The number of nitrogens with zero attached hydrogens (tertiary/aromatic N) is 1. The van der Waals surface area contributed by atoms with Gasteiger partial charge in [-0.1, -0.05) is 19.9 Å². The van der Waals surface area contributed by atoms with E-state index in [1.54, 1.807) is 12.1 Å². The van der Waals surface area contributed by atoms with Gasteiger partial charge in [0, 0.05) is 12.1 Å². The van der Waals surface area contributed by atoms with Gasteiger partial charge >= 0.3 is 0 Å². The van der Waals surface area contributed by atoms with Crippen molar-refractivity contribution >= 4 is 11.4 Å². The summed E-state index contributed by atoms with van der Waals surface area (Å²) in [6.45, 7) is 8.03. The molecule has 0 aliphatic heterocycles. The highest BCUT2D eigenvalue weighted by molar-refractivity contribution is 5.62. The predicted octanol–water partition coefficient (Wildman–Crippen LogP) is 3.36. The summed E-state index contributed by atoms with van der Waals surface area (Å²) in [6, 6.07) is 5.45. The van der Waals surface area contributed by atoms with Crippen LogP contribution in [-0.2, 0) is 0 Å². The van der Waals surface area contributed by atoms with Gasteiger partial charge in [-0.25, -0.2) is 0 Å². The third kappa shape index (κ3) is 2.95. The van der Waals surface area contributed by atoms with E-state index in [4.69, 9.17) is 0 Å². The first kappa shape index (κ1) is 12.5. The standard InChI is InChI=1S/C12H18N2O2/c1-8(2)10(4)13-11-6-5-9(3)7-12(11)14(15)16/h5-8,10,13H,1-4H3. The summed E-state index contributed by atoms with van der Waals surface area (Å²) in [5, 5.41) is 14.1. The molecule has 1 rings (SSSR count). The van der Waals surface area contributed by atoms with Crippen molar-refractivity contribution in [2.75, 3.05) is 5.32 Å². The van der Waals surface area contributed by atoms with E-state index in [0.29, 0.717) is 11.6 Å². The van der Waals surface area contributed by atoms with Gasteiger partial charge in [-0.15, -0.1) is 0 Å². The van der Waals surface area contributed by atoms with Gasteiger partial charge in [-0.05, 0) is 31.4 Å². The lowest BCUT2D eigenvalue weighted by Crippen LogP contribution is -2.22. The zero-order chi connectivity index (χ0) is 12.3. The van der Waals surface area contributed by atoms with Crippen LogP contribution in [0.1, 0.15) is 26.3 Å². The number of anilines is 1. The van der Waals surface area contributed by atoms with E-state index < -0.39 is 0 Å². The van der Waals surface area contributed by atoms with Crippen LogP contribution in [0.25, 0.3) is 0 Å². The van der Waals surface area contributed by atoms with E-state index in [9.17, 15) is 10.1 Å². The van der Waals surface area contributed by atoms with Gasteiger partial charge in [0.2, 0.25) is 0 Å². The van der Waals surface area contributed by atoms with Crippen molar-refractivity contribution in [3.8, 4) is 0 Å². The maximum atomic E-state index is 10.9. The fourth-order valence-electron chi connectivity index (χ4n) is 1.33. The first-order valence-electron chi connectivity index (χ1n) is 5.43. The van der Waals surface area contributed by atoms with Gasteiger partial charge in [0.1, 0.15) is 5.69 Å². The van der Waals surface area contributed by atoms with Gasteiger partial charge in [-0.2, -0.15) is 0 Å². The molecule has 4 heteroatoms. The smallest absolute Gasteiger partial charge is 0.292 e. The van der Waals surface area contributed by atoms with E-state index in [2.05, 4.69) is 19.2 Å². The quantitative estimate of drug-likeness (QED) is 0.627. The van der Waals surface area contributed by atoms with Crippen molar-refractivity contribution in [2.24, 2.45) is 5.92 Å². The molecule has 0 spiro atoms. The van der Waals surface area contributed by atoms with Crippen LogP contribution >= 0.6 is 0 Å². The summed E-state index contributed by atoms with van der Waals surface area (Å²) >= 11 is 0. The lowest BCUT2D eigenvalue weighted by Gasteiger charge is -2.18. The molecule has 0 bridgehead atoms. The Bertz CT molecular complexity index is 389. The van der Waals surface area contributed by atoms with Gasteiger partial charge in [0.25, 0.3) is 5.69 Å². The van der Waals surface area contributed by atoms with Crippen LogP contribution in [0.2, 0.25) is 0 Å². The number of nitro benzene ring substituents is 1. The molecule has 1 unspecified atom stereocenters. The summed E-state index contributed by atoms with van der Waals surface area (Å²) in [4.78, 5) is 10.5. The summed E-state index contributed by atoms with van der Waals surface area (Å²) < 4.78 is 0. The SMILES string of the molecule is Cc1ccc(NC(C)C(C)C)c([N+](=O)[O-])c1. The van der Waals surface area contributed by atoms with Gasteiger partial charge in [0.05, 0.1) is 4.92 Å². The number of aryl methyl sites for hydroxylation is 1. The molecule has 88 valence electrons. The second kappa shape index (κ2) is 4.96. The van der Waals surface area contributed by atoms with Crippen molar-refractivity contribution in [3.63, 3.8) is 0 Å². The molecule has 0 saturated heterocycles. The Balaban J connectivity index is 2.99. The first-order chi connectivity index (χ1) is 7.41. The van der Waals surface area contributed by atoms with Crippen LogP contribution in [-0.4, -0.2) is 11.0 Å². The topological polar surface area (TPSA) is 55.2 Å². The van der Waals surface area contributed by atoms with Crippen LogP contribution in [0, 0.1) is 23.0 Å². The van der Waals surface area contributed by atoms with E-state index in [1.165, 1.54) is 0 Å². The van der Waals surface area contributed by atoms with E-state index in [0.717, 1.165) is 5.56 Å². The highest BCUT2D eigenvalue weighted by Gasteiger charge is 2.16. The summed E-state index contributed by atoms with van der Waals surface area (Å²) in [5.41, 5.74) is 1.64. The molecule has 0 heterocycles. The molecule has 1 atom stereocenters. The van der Waals surface area contributed by atoms with Crippen LogP contribution in [0.3, 0.4) is 0 Å². The Morgan fingerprint density at radius 1 is 1.31 bits per heavy atom. The lowest BCUT2D eigenvalue weighted by atomic mass is 10.1. The zero-order valence-electron chi connectivity index (χ0n) is 10.2. The summed E-state index contributed by atoms with van der Waals surface area (Å²) in [6.07, 6.45) is 0. The molecule has 0 aliphatic carbocycles. The average molecular weight is 222 g/mol. The Morgan fingerprint density at radius 2 is 1.94 bits per heavy atom. The number of rotatable bonds is 4. The first-order valence-corrected chi connectivity index (χ1v) is 5.43. The minimum atomic E-state index is -0.345. The fraction of sp³-hybridized carbons (Fsp3) is 0.500. The van der Waals surface area contributed by atoms with Crippen molar-refractivity contribution in [3.05, 3.63) is 33.9 Å².